The molecule has 2 aromatic carbocycles. The lowest BCUT2D eigenvalue weighted by Gasteiger charge is -2.45. The lowest BCUT2D eigenvalue weighted by Crippen LogP contribution is -2.55. The van der Waals surface area contributed by atoms with Crippen molar-refractivity contribution < 1.29 is 9.53 Å². The summed E-state index contributed by atoms with van der Waals surface area (Å²) < 4.78 is 5.26. The highest BCUT2D eigenvalue weighted by Crippen LogP contribution is 2.35. The molecule has 142 valence electrons. The van der Waals surface area contributed by atoms with E-state index in [-0.39, 0.29) is 11.4 Å². The fourth-order valence-electron chi connectivity index (χ4n) is 4.32. The van der Waals surface area contributed by atoms with Gasteiger partial charge in [0.2, 0.25) is 5.91 Å². The molecule has 0 atom stereocenters. The predicted molar refractivity (Wildman–Crippen MR) is 107 cm³/mol. The second-order valence-electron chi connectivity index (χ2n) is 7.48. The van der Waals surface area contributed by atoms with E-state index in [1.807, 2.05) is 29.2 Å². The van der Waals surface area contributed by atoms with E-state index in [4.69, 9.17) is 4.74 Å². The number of benzene rings is 2. The average Bonchev–Trinajstić information content (AvgIpc) is 3.12. The third kappa shape index (κ3) is 3.65. The Bertz CT molecular complexity index is 785. The fourth-order valence-corrected chi connectivity index (χ4v) is 4.32. The van der Waals surface area contributed by atoms with Crippen LogP contribution in [0.3, 0.4) is 0 Å². The van der Waals surface area contributed by atoms with Gasteiger partial charge in [-0.2, -0.15) is 0 Å². The van der Waals surface area contributed by atoms with Gasteiger partial charge in [-0.1, -0.05) is 30.3 Å². The summed E-state index contributed by atoms with van der Waals surface area (Å²) in [6, 6.07) is 18.4. The van der Waals surface area contributed by atoms with Crippen molar-refractivity contribution in [2.24, 2.45) is 0 Å². The second-order valence-corrected chi connectivity index (χ2v) is 7.48. The number of nitrogens with one attached hydrogen (secondary N) is 1. The molecular formula is C22H27N3O2. The van der Waals surface area contributed by atoms with Crippen LogP contribution in [-0.2, 0) is 11.2 Å². The number of para-hydroxylation sites is 1. The monoisotopic (exact) mass is 365 g/mol. The zero-order valence-electron chi connectivity index (χ0n) is 15.9. The number of piperidine rings is 1. The second kappa shape index (κ2) is 7.61. The van der Waals surface area contributed by atoms with Crippen molar-refractivity contribution in [3.63, 3.8) is 0 Å². The molecule has 1 spiro atoms. The minimum Gasteiger partial charge on any atom is -0.497 e. The molecule has 2 aromatic rings. The maximum absolute atomic E-state index is 12.8. The molecule has 5 nitrogen and oxygen atoms in total. The summed E-state index contributed by atoms with van der Waals surface area (Å²) in [4.78, 5) is 17.3. The number of amides is 1. The normalized spacial score (nSPS) is 18.7. The standard InChI is InChI=1S/C22H27N3O2/c1-27-20-9-5-6-18(14-20)15-21(26)24-12-10-22(11-13-24)16-23-17-25(22)19-7-3-2-4-8-19/h2-9,14,23H,10-13,15-17H2,1H3. The van der Waals surface area contributed by atoms with Gasteiger partial charge in [-0.15, -0.1) is 0 Å². The Morgan fingerprint density at radius 2 is 1.89 bits per heavy atom. The molecule has 2 heterocycles. The van der Waals surface area contributed by atoms with Gasteiger partial charge in [0.1, 0.15) is 5.75 Å². The molecule has 5 heteroatoms. The van der Waals surface area contributed by atoms with Gasteiger partial charge in [0.05, 0.1) is 25.7 Å². The van der Waals surface area contributed by atoms with Gasteiger partial charge in [-0.3, -0.25) is 10.1 Å². The number of methoxy groups -OCH3 is 1. The number of nitrogens with zero attached hydrogens (tertiary/aromatic N) is 2. The lowest BCUT2D eigenvalue weighted by molar-refractivity contribution is -0.131. The molecule has 2 saturated heterocycles. The molecule has 1 N–H and O–H groups in total. The van der Waals surface area contributed by atoms with Crippen LogP contribution >= 0.6 is 0 Å². The number of carbonyl (C=O) groups is 1. The SMILES string of the molecule is COc1cccc(CC(=O)N2CCC3(CC2)CNCN3c2ccccc2)c1. The fraction of sp³-hybridized carbons (Fsp3) is 0.409. The van der Waals surface area contributed by atoms with Crippen molar-refractivity contribution in [3.8, 4) is 5.75 Å². The molecule has 0 bridgehead atoms. The van der Waals surface area contributed by atoms with Crippen LogP contribution in [0.1, 0.15) is 18.4 Å². The van der Waals surface area contributed by atoms with Gasteiger partial charge in [0.25, 0.3) is 0 Å². The van der Waals surface area contributed by atoms with Crippen LogP contribution in [0.15, 0.2) is 54.6 Å². The molecule has 0 saturated carbocycles. The number of carbonyl (C=O) groups excluding carboxylic acids is 1. The molecular weight excluding hydrogens is 338 g/mol. The first-order valence-corrected chi connectivity index (χ1v) is 9.64. The van der Waals surface area contributed by atoms with E-state index >= 15 is 0 Å². The van der Waals surface area contributed by atoms with Crippen LogP contribution in [0.25, 0.3) is 0 Å². The number of hydrogen-bond acceptors (Lipinski definition) is 4. The Morgan fingerprint density at radius 3 is 2.63 bits per heavy atom. The maximum atomic E-state index is 12.8. The highest BCUT2D eigenvalue weighted by molar-refractivity contribution is 5.79. The number of anilines is 1. The number of likely N-dealkylation sites (tertiary alicyclic amines) is 1. The molecule has 0 aliphatic carbocycles. The van der Waals surface area contributed by atoms with Gasteiger partial charge in [0, 0.05) is 25.3 Å². The average molecular weight is 365 g/mol. The maximum Gasteiger partial charge on any atom is 0.226 e. The van der Waals surface area contributed by atoms with Crippen molar-refractivity contribution in [2.45, 2.75) is 24.8 Å². The summed E-state index contributed by atoms with van der Waals surface area (Å²) in [5.74, 6) is 1.00. The van der Waals surface area contributed by atoms with Crippen molar-refractivity contribution in [3.05, 3.63) is 60.2 Å². The molecule has 0 radical (unpaired) electrons. The predicted octanol–water partition coefficient (Wildman–Crippen LogP) is 2.67. The summed E-state index contributed by atoms with van der Waals surface area (Å²) in [6.45, 7) is 3.49. The number of rotatable bonds is 4. The third-order valence-electron chi connectivity index (χ3n) is 5.90. The zero-order chi connectivity index (χ0) is 18.7. The van der Waals surface area contributed by atoms with Crippen LogP contribution < -0.4 is 15.0 Å². The van der Waals surface area contributed by atoms with Crippen molar-refractivity contribution >= 4 is 11.6 Å². The lowest BCUT2D eigenvalue weighted by atomic mass is 9.86. The molecule has 0 unspecified atom stereocenters. The largest absolute Gasteiger partial charge is 0.497 e. The van der Waals surface area contributed by atoms with E-state index < -0.39 is 0 Å². The van der Waals surface area contributed by atoms with Crippen molar-refractivity contribution in [1.29, 1.82) is 0 Å². The van der Waals surface area contributed by atoms with E-state index in [0.29, 0.717) is 6.42 Å². The third-order valence-corrected chi connectivity index (χ3v) is 5.90. The first-order valence-electron chi connectivity index (χ1n) is 9.64. The molecule has 0 aromatic heterocycles. The van der Waals surface area contributed by atoms with Crippen LogP contribution in [0, 0.1) is 0 Å². The van der Waals surface area contributed by atoms with E-state index in [1.54, 1.807) is 7.11 Å². The zero-order valence-corrected chi connectivity index (χ0v) is 15.9. The molecule has 2 aliphatic heterocycles. The van der Waals surface area contributed by atoms with E-state index in [1.165, 1.54) is 5.69 Å². The Balaban J connectivity index is 1.40. The van der Waals surface area contributed by atoms with Gasteiger partial charge in [0.15, 0.2) is 0 Å². The minimum atomic E-state index is 0.119. The van der Waals surface area contributed by atoms with Gasteiger partial charge in [-0.25, -0.2) is 0 Å². The minimum absolute atomic E-state index is 0.119. The Labute approximate surface area is 160 Å². The van der Waals surface area contributed by atoms with E-state index in [9.17, 15) is 4.79 Å². The summed E-state index contributed by atoms with van der Waals surface area (Å²) in [5.41, 5.74) is 2.39. The quantitative estimate of drug-likeness (QED) is 0.905. The van der Waals surface area contributed by atoms with Gasteiger partial charge >= 0.3 is 0 Å². The first kappa shape index (κ1) is 17.9. The summed E-state index contributed by atoms with van der Waals surface area (Å²) >= 11 is 0. The van der Waals surface area contributed by atoms with Crippen LogP contribution in [0.5, 0.6) is 5.75 Å². The number of ether oxygens (including phenoxy) is 1. The molecule has 27 heavy (non-hydrogen) atoms. The summed E-state index contributed by atoms with van der Waals surface area (Å²) in [6.07, 6.45) is 2.43. The Hall–Kier alpha value is -2.53. The first-order chi connectivity index (χ1) is 13.2. The molecule has 2 fully saturated rings. The highest BCUT2D eigenvalue weighted by Gasteiger charge is 2.43. The highest BCUT2D eigenvalue weighted by atomic mass is 16.5. The van der Waals surface area contributed by atoms with E-state index in [2.05, 4.69) is 40.5 Å². The van der Waals surface area contributed by atoms with Crippen molar-refractivity contribution in [1.82, 2.24) is 10.2 Å². The Morgan fingerprint density at radius 1 is 1.11 bits per heavy atom. The van der Waals surface area contributed by atoms with Crippen LogP contribution in [0.2, 0.25) is 0 Å². The molecule has 4 rings (SSSR count). The van der Waals surface area contributed by atoms with Crippen LogP contribution in [0.4, 0.5) is 5.69 Å². The van der Waals surface area contributed by atoms with Crippen molar-refractivity contribution in [2.75, 3.05) is 38.3 Å². The molecule has 2 aliphatic rings. The van der Waals surface area contributed by atoms with Gasteiger partial charge in [-0.05, 0) is 42.7 Å². The Kier molecular flexibility index (Phi) is 5.03. The van der Waals surface area contributed by atoms with E-state index in [0.717, 1.165) is 50.5 Å². The van der Waals surface area contributed by atoms with Crippen LogP contribution in [-0.4, -0.2) is 49.8 Å². The summed E-state index contributed by atoms with van der Waals surface area (Å²) in [5, 5.41) is 3.54. The smallest absolute Gasteiger partial charge is 0.226 e. The number of hydrogen-bond donors (Lipinski definition) is 1. The molecule has 1 amide bonds. The summed E-state index contributed by atoms with van der Waals surface area (Å²) in [7, 11) is 1.65. The van der Waals surface area contributed by atoms with Gasteiger partial charge < -0.3 is 14.5 Å². The topological polar surface area (TPSA) is 44.8 Å².